The van der Waals surface area contributed by atoms with Crippen LogP contribution in [0.1, 0.15) is 31.4 Å². The van der Waals surface area contributed by atoms with E-state index in [1.807, 2.05) is 47.0 Å². The number of aromatic amines is 1. The third-order valence-electron chi connectivity index (χ3n) is 8.06. The molecule has 42 heavy (non-hydrogen) atoms. The minimum atomic E-state index is -0.190. The van der Waals surface area contributed by atoms with Gasteiger partial charge in [0.05, 0.1) is 54.1 Å². The van der Waals surface area contributed by atoms with Crippen LogP contribution in [0.25, 0.3) is 33.3 Å². The van der Waals surface area contributed by atoms with Crippen molar-refractivity contribution in [2.75, 3.05) is 46.4 Å². The van der Waals surface area contributed by atoms with Gasteiger partial charge in [0.1, 0.15) is 17.3 Å². The summed E-state index contributed by atoms with van der Waals surface area (Å²) >= 11 is 0. The largest absolute Gasteiger partial charge is 0.496 e. The molecule has 6 rings (SSSR count). The lowest BCUT2D eigenvalue weighted by molar-refractivity contribution is 0.132. The van der Waals surface area contributed by atoms with E-state index in [0.717, 1.165) is 79.3 Å². The van der Waals surface area contributed by atoms with Crippen LogP contribution in [0.5, 0.6) is 11.5 Å². The van der Waals surface area contributed by atoms with Gasteiger partial charge < -0.3 is 23.9 Å². The van der Waals surface area contributed by atoms with Crippen molar-refractivity contribution in [2.45, 2.75) is 33.4 Å². The summed E-state index contributed by atoms with van der Waals surface area (Å²) in [6.07, 6.45) is 2.69. The van der Waals surface area contributed by atoms with Gasteiger partial charge in [-0.25, -0.2) is 9.97 Å². The van der Waals surface area contributed by atoms with E-state index >= 15 is 0 Å². The summed E-state index contributed by atoms with van der Waals surface area (Å²) in [6.45, 7) is 11.7. The molecule has 1 fully saturated rings. The van der Waals surface area contributed by atoms with Crippen LogP contribution in [0, 0.1) is 0 Å². The van der Waals surface area contributed by atoms with Gasteiger partial charge in [-0.05, 0) is 48.9 Å². The number of methoxy groups -OCH3 is 1. The fourth-order valence-electron chi connectivity index (χ4n) is 5.68. The Labute approximate surface area is 245 Å². The number of fused-ring (bicyclic) bond motifs is 2. The molecule has 3 aromatic carbocycles. The molecule has 1 saturated heterocycles. The van der Waals surface area contributed by atoms with Crippen LogP contribution in [-0.2, 0) is 13.1 Å². The first kappa shape index (κ1) is 27.9. The predicted molar refractivity (Wildman–Crippen MR) is 166 cm³/mol. The minimum Gasteiger partial charge on any atom is -0.496 e. The Bertz CT molecular complexity index is 1750. The first-order chi connectivity index (χ1) is 20.6. The van der Waals surface area contributed by atoms with Gasteiger partial charge in [-0.1, -0.05) is 38.1 Å². The summed E-state index contributed by atoms with van der Waals surface area (Å²) in [5.74, 6) is 2.04. The van der Waals surface area contributed by atoms with E-state index in [2.05, 4.69) is 45.7 Å². The van der Waals surface area contributed by atoms with Gasteiger partial charge in [-0.15, -0.1) is 0 Å². The molecule has 0 unspecified atom stereocenters. The lowest BCUT2D eigenvalue weighted by atomic mass is 10.1. The average molecular weight is 567 g/mol. The SMILES string of the molecule is CCCOc1ccc(CN2CCN(CC)CC2)cc1-c1nc2cc3ncn(Cc4ccccc4OC)c3cc2c(=O)[nH]1. The molecule has 1 aliphatic rings. The third kappa shape index (κ3) is 5.75. The Kier molecular flexibility index (Phi) is 8.21. The number of piperazine rings is 1. The lowest BCUT2D eigenvalue weighted by Gasteiger charge is -2.34. The normalized spacial score (nSPS) is 14.5. The van der Waals surface area contributed by atoms with Crippen molar-refractivity contribution in [3.05, 3.63) is 82.4 Å². The summed E-state index contributed by atoms with van der Waals surface area (Å²) in [6, 6.07) is 17.9. The number of rotatable bonds is 10. The molecule has 218 valence electrons. The van der Waals surface area contributed by atoms with Gasteiger partial charge in [0.15, 0.2) is 0 Å². The van der Waals surface area contributed by atoms with Crippen LogP contribution in [0.15, 0.2) is 65.7 Å². The van der Waals surface area contributed by atoms with Crippen molar-refractivity contribution in [1.29, 1.82) is 0 Å². The summed E-state index contributed by atoms with van der Waals surface area (Å²) in [4.78, 5) is 31.1. The number of benzene rings is 3. The first-order valence-electron chi connectivity index (χ1n) is 14.8. The van der Waals surface area contributed by atoms with Gasteiger partial charge in [0.2, 0.25) is 0 Å². The summed E-state index contributed by atoms with van der Waals surface area (Å²) in [7, 11) is 1.67. The van der Waals surface area contributed by atoms with Crippen molar-refractivity contribution >= 4 is 21.9 Å². The molecule has 5 aromatic rings. The van der Waals surface area contributed by atoms with Crippen LogP contribution in [0.4, 0.5) is 0 Å². The molecule has 1 aliphatic heterocycles. The molecule has 0 atom stereocenters. The van der Waals surface area contributed by atoms with E-state index in [9.17, 15) is 4.79 Å². The molecule has 0 bridgehead atoms. The number of likely N-dealkylation sites (N-methyl/N-ethyl adjacent to an activating group) is 1. The highest BCUT2D eigenvalue weighted by molar-refractivity contribution is 5.93. The van der Waals surface area contributed by atoms with Gasteiger partial charge in [0.25, 0.3) is 5.56 Å². The number of para-hydroxylation sites is 1. The minimum absolute atomic E-state index is 0.190. The molecule has 9 heteroatoms. The Morgan fingerprint density at radius 2 is 1.71 bits per heavy atom. The van der Waals surface area contributed by atoms with Crippen molar-refractivity contribution in [1.82, 2.24) is 29.3 Å². The van der Waals surface area contributed by atoms with Gasteiger partial charge >= 0.3 is 0 Å². The number of imidazole rings is 1. The zero-order valence-electron chi connectivity index (χ0n) is 24.6. The van der Waals surface area contributed by atoms with E-state index in [0.29, 0.717) is 29.9 Å². The molecule has 0 radical (unpaired) electrons. The number of nitrogens with zero attached hydrogens (tertiary/aromatic N) is 5. The second-order valence-corrected chi connectivity index (χ2v) is 10.8. The zero-order chi connectivity index (χ0) is 29.1. The number of hydrogen-bond acceptors (Lipinski definition) is 7. The monoisotopic (exact) mass is 566 g/mol. The highest BCUT2D eigenvalue weighted by Gasteiger charge is 2.18. The Balaban J connectivity index is 1.35. The first-order valence-corrected chi connectivity index (χ1v) is 14.8. The molecule has 1 N–H and O–H groups in total. The van der Waals surface area contributed by atoms with Gasteiger partial charge in [-0.2, -0.15) is 0 Å². The number of hydrogen-bond donors (Lipinski definition) is 1. The lowest BCUT2D eigenvalue weighted by Crippen LogP contribution is -2.45. The molecule has 0 aliphatic carbocycles. The van der Waals surface area contributed by atoms with Crippen LogP contribution < -0.4 is 15.0 Å². The number of nitrogens with one attached hydrogen (secondary N) is 1. The second-order valence-electron chi connectivity index (χ2n) is 10.8. The van der Waals surface area contributed by atoms with Crippen molar-refractivity contribution in [2.24, 2.45) is 0 Å². The fraction of sp³-hybridized carbons (Fsp3) is 0.364. The second kappa shape index (κ2) is 12.3. The highest BCUT2D eigenvalue weighted by Crippen LogP contribution is 2.31. The van der Waals surface area contributed by atoms with E-state index in [-0.39, 0.29) is 5.56 Å². The average Bonchev–Trinajstić information content (AvgIpc) is 3.41. The molecule has 0 spiro atoms. The maximum atomic E-state index is 13.5. The molecule has 0 saturated carbocycles. The highest BCUT2D eigenvalue weighted by atomic mass is 16.5. The number of aromatic nitrogens is 4. The van der Waals surface area contributed by atoms with Gasteiger partial charge in [-0.3, -0.25) is 9.69 Å². The maximum Gasteiger partial charge on any atom is 0.259 e. The van der Waals surface area contributed by atoms with Crippen LogP contribution >= 0.6 is 0 Å². The fourth-order valence-corrected chi connectivity index (χ4v) is 5.68. The maximum absolute atomic E-state index is 13.5. The topological polar surface area (TPSA) is 88.5 Å². The summed E-state index contributed by atoms with van der Waals surface area (Å²) < 4.78 is 13.7. The molecular weight excluding hydrogens is 528 g/mol. The number of ether oxygens (including phenoxy) is 2. The van der Waals surface area contributed by atoms with Crippen LogP contribution in [-0.4, -0.2) is 75.8 Å². The molecular formula is C33H38N6O3. The van der Waals surface area contributed by atoms with Gasteiger partial charge in [0, 0.05) is 38.3 Å². The van der Waals surface area contributed by atoms with Crippen molar-refractivity contribution in [3.8, 4) is 22.9 Å². The quantitative estimate of drug-likeness (QED) is 0.257. The van der Waals surface area contributed by atoms with E-state index in [1.165, 1.54) is 5.56 Å². The van der Waals surface area contributed by atoms with E-state index < -0.39 is 0 Å². The smallest absolute Gasteiger partial charge is 0.259 e. The molecule has 2 aromatic heterocycles. The number of H-pyrrole nitrogens is 1. The molecule has 3 heterocycles. The van der Waals surface area contributed by atoms with Crippen molar-refractivity contribution < 1.29 is 9.47 Å². The summed E-state index contributed by atoms with van der Waals surface area (Å²) in [5, 5.41) is 0.522. The Morgan fingerprint density at radius 3 is 2.50 bits per heavy atom. The zero-order valence-corrected chi connectivity index (χ0v) is 24.6. The summed E-state index contributed by atoms with van der Waals surface area (Å²) in [5.41, 5.74) is 5.07. The predicted octanol–water partition coefficient (Wildman–Crippen LogP) is 4.92. The Hall–Kier alpha value is -4.21. The van der Waals surface area contributed by atoms with Crippen LogP contribution in [0.2, 0.25) is 0 Å². The molecule has 0 amide bonds. The third-order valence-corrected chi connectivity index (χ3v) is 8.06. The van der Waals surface area contributed by atoms with E-state index in [1.54, 1.807) is 13.4 Å². The standard InChI is InChI=1S/C33H38N6O3/c1-4-16-42-31-11-10-23(20-38-14-12-37(5-2)13-15-38)17-26(31)32-35-27-19-28-29(18-25(27)33(40)36-32)39(22-34-28)21-24-8-6-7-9-30(24)41-3/h6-11,17-19,22H,4-5,12-16,20-21H2,1-3H3,(H,35,36,40). The van der Waals surface area contributed by atoms with E-state index in [4.69, 9.17) is 14.5 Å². The molecule has 9 nitrogen and oxygen atoms in total. The van der Waals surface area contributed by atoms with Crippen molar-refractivity contribution in [3.63, 3.8) is 0 Å². The Morgan fingerprint density at radius 1 is 0.905 bits per heavy atom. The van der Waals surface area contributed by atoms with Crippen LogP contribution in [0.3, 0.4) is 0 Å².